The van der Waals surface area contributed by atoms with Crippen LogP contribution in [0.5, 0.6) is 0 Å². The highest BCUT2D eigenvalue weighted by Crippen LogP contribution is 2.40. The van der Waals surface area contributed by atoms with Gasteiger partial charge >= 0.3 is 23.9 Å². The van der Waals surface area contributed by atoms with E-state index in [0.29, 0.717) is 36.5 Å². The van der Waals surface area contributed by atoms with Gasteiger partial charge in [-0.15, -0.1) is 0 Å². The Balaban J connectivity index is 2.37. The highest BCUT2D eigenvalue weighted by Gasteiger charge is 2.31. The lowest BCUT2D eigenvalue weighted by Gasteiger charge is -2.37. The van der Waals surface area contributed by atoms with Crippen LogP contribution in [0.25, 0.3) is 0 Å². The largest absolute Gasteiger partial charge is 0.481 e. The van der Waals surface area contributed by atoms with Gasteiger partial charge in [0.25, 0.3) is 0 Å². The number of carboxylic acid groups (broad SMARTS) is 4. The van der Waals surface area contributed by atoms with Gasteiger partial charge in [0.15, 0.2) is 11.8 Å². The Morgan fingerprint density at radius 2 is 0.853 bits per heavy atom. The number of hydrogen-bond donors (Lipinski definition) is 4. The summed E-state index contributed by atoms with van der Waals surface area (Å²) in [6, 6.07) is 0. The molecule has 4 unspecified atom stereocenters. The van der Waals surface area contributed by atoms with E-state index in [1.165, 1.54) is 0 Å². The predicted octanol–water partition coefficient (Wildman–Crippen LogP) is 5.31. The number of carboxylic acids is 4. The van der Waals surface area contributed by atoms with E-state index in [0.717, 1.165) is 51.4 Å². The first-order valence-electron chi connectivity index (χ1n) is 12.7. The number of aliphatic carboxylic acids is 4. The number of rotatable bonds is 18. The van der Waals surface area contributed by atoms with E-state index in [2.05, 4.69) is 26.0 Å². The van der Waals surface area contributed by atoms with E-state index >= 15 is 0 Å². The van der Waals surface area contributed by atoms with Gasteiger partial charge in [-0.3, -0.25) is 19.2 Å². The summed E-state index contributed by atoms with van der Waals surface area (Å²) in [6.07, 6.45) is 14.0. The molecule has 1 rings (SSSR count). The van der Waals surface area contributed by atoms with Crippen LogP contribution in [0, 0.1) is 35.5 Å². The molecule has 0 amide bonds. The highest BCUT2D eigenvalue weighted by molar-refractivity contribution is 5.93. The molecule has 1 aliphatic carbocycles. The second-order valence-electron chi connectivity index (χ2n) is 9.87. The molecule has 0 spiro atoms. The summed E-state index contributed by atoms with van der Waals surface area (Å²) >= 11 is 0. The molecule has 0 aliphatic heterocycles. The van der Waals surface area contributed by atoms with Gasteiger partial charge < -0.3 is 20.4 Å². The summed E-state index contributed by atoms with van der Waals surface area (Å²) in [7, 11) is 0. The fourth-order valence-corrected chi connectivity index (χ4v) is 5.24. The summed E-state index contributed by atoms with van der Waals surface area (Å²) in [6.45, 7) is 4.50. The lowest BCUT2D eigenvalue weighted by atomic mass is 9.68. The van der Waals surface area contributed by atoms with Crippen molar-refractivity contribution in [3.63, 3.8) is 0 Å². The second kappa shape index (κ2) is 15.5. The van der Waals surface area contributed by atoms with Crippen molar-refractivity contribution >= 4 is 23.9 Å². The summed E-state index contributed by atoms with van der Waals surface area (Å²) in [5.41, 5.74) is 0. The average Bonchev–Trinajstić information content (AvgIpc) is 2.74. The Labute approximate surface area is 202 Å². The third-order valence-corrected chi connectivity index (χ3v) is 7.37. The van der Waals surface area contributed by atoms with Gasteiger partial charge in [-0.25, -0.2) is 0 Å². The van der Waals surface area contributed by atoms with Gasteiger partial charge in [0, 0.05) is 0 Å². The van der Waals surface area contributed by atoms with Gasteiger partial charge in [-0.05, 0) is 49.4 Å². The quantitative estimate of drug-likeness (QED) is 0.117. The van der Waals surface area contributed by atoms with Crippen molar-refractivity contribution in [2.75, 3.05) is 0 Å². The zero-order valence-electron chi connectivity index (χ0n) is 20.5. The van der Waals surface area contributed by atoms with Gasteiger partial charge in [0.2, 0.25) is 0 Å². The van der Waals surface area contributed by atoms with Gasteiger partial charge in [0.05, 0.1) is 0 Å². The Morgan fingerprint density at radius 3 is 1.15 bits per heavy atom. The lowest BCUT2D eigenvalue weighted by molar-refractivity contribution is -0.156. The number of unbranched alkanes of at least 4 members (excludes halogenated alkanes) is 6. The minimum absolute atomic E-state index is 0.173. The fraction of sp³-hybridized carbons (Fsp3) is 0.769. The van der Waals surface area contributed by atoms with E-state index in [9.17, 15) is 19.2 Å². The molecule has 0 saturated heterocycles. The summed E-state index contributed by atoms with van der Waals surface area (Å²) in [4.78, 5) is 43.9. The van der Waals surface area contributed by atoms with Crippen molar-refractivity contribution in [2.45, 2.75) is 90.9 Å². The van der Waals surface area contributed by atoms with Crippen LogP contribution in [0.1, 0.15) is 90.9 Å². The number of allylic oxidation sites excluding steroid dienone is 2. The molecule has 0 aromatic heterocycles. The maximum absolute atomic E-state index is 11.0. The normalized spacial score (nSPS) is 22.2. The van der Waals surface area contributed by atoms with Crippen LogP contribution in [0.4, 0.5) is 0 Å². The first-order chi connectivity index (χ1) is 16.1. The van der Waals surface area contributed by atoms with Crippen molar-refractivity contribution in [1.82, 2.24) is 0 Å². The average molecular weight is 483 g/mol. The lowest BCUT2D eigenvalue weighted by Crippen LogP contribution is -2.29. The topological polar surface area (TPSA) is 149 Å². The van der Waals surface area contributed by atoms with Crippen molar-refractivity contribution < 1.29 is 39.6 Å². The van der Waals surface area contributed by atoms with Crippen molar-refractivity contribution in [2.24, 2.45) is 35.5 Å². The zero-order valence-corrected chi connectivity index (χ0v) is 20.5. The molecule has 8 nitrogen and oxygen atoms in total. The Morgan fingerprint density at radius 1 is 0.559 bits per heavy atom. The molecule has 8 heteroatoms. The minimum Gasteiger partial charge on any atom is -0.481 e. The summed E-state index contributed by atoms with van der Waals surface area (Å²) < 4.78 is 0. The van der Waals surface area contributed by atoms with Crippen LogP contribution < -0.4 is 0 Å². The van der Waals surface area contributed by atoms with Gasteiger partial charge in [-0.2, -0.15) is 0 Å². The molecule has 0 aromatic carbocycles. The molecule has 0 bridgehead atoms. The number of hydrogen-bond acceptors (Lipinski definition) is 4. The Bertz CT molecular complexity index is 615. The summed E-state index contributed by atoms with van der Waals surface area (Å²) in [5.74, 6) is -5.55. The van der Waals surface area contributed by atoms with Crippen LogP contribution in [0.3, 0.4) is 0 Å². The molecule has 34 heavy (non-hydrogen) atoms. The standard InChI is InChI=1S/C26H42O8/c1-17-15-16-18(2)20(12-8-4-6-10-14-22(25(31)32)26(33)34)19(17)11-7-3-5-9-13-21(23(27)28)24(29)30/h15-22H,3-14H2,1-2H3,(H,27,28)(H,29,30)(H,31,32)(H,33,34). The van der Waals surface area contributed by atoms with Gasteiger partial charge in [0.1, 0.15) is 0 Å². The molecular formula is C26H42O8. The highest BCUT2D eigenvalue weighted by atomic mass is 16.4. The molecular weight excluding hydrogens is 440 g/mol. The Kier molecular flexibility index (Phi) is 13.5. The van der Waals surface area contributed by atoms with Gasteiger partial charge in [-0.1, -0.05) is 77.4 Å². The maximum atomic E-state index is 11.0. The molecule has 4 atom stereocenters. The van der Waals surface area contributed by atoms with E-state index in [-0.39, 0.29) is 12.8 Å². The van der Waals surface area contributed by atoms with E-state index < -0.39 is 35.7 Å². The Hall–Kier alpha value is -2.38. The first kappa shape index (κ1) is 29.7. The van der Waals surface area contributed by atoms with Crippen molar-refractivity contribution in [1.29, 1.82) is 0 Å². The molecule has 0 heterocycles. The van der Waals surface area contributed by atoms with Crippen molar-refractivity contribution in [3.8, 4) is 0 Å². The van der Waals surface area contributed by atoms with Crippen LogP contribution in [0.2, 0.25) is 0 Å². The molecule has 0 fully saturated rings. The van der Waals surface area contributed by atoms with Crippen LogP contribution in [-0.4, -0.2) is 44.3 Å². The molecule has 1 aliphatic rings. The van der Waals surface area contributed by atoms with E-state index in [1.807, 2.05) is 0 Å². The smallest absolute Gasteiger partial charge is 0.317 e. The molecule has 194 valence electrons. The van der Waals surface area contributed by atoms with E-state index in [1.54, 1.807) is 0 Å². The fourth-order valence-electron chi connectivity index (χ4n) is 5.24. The maximum Gasteiger partial charge on any atom is 0.317 e. The number of carbonyl (C=O) groups is 4. The molecule has 4 N–H and O–H groups in total. The molecule has 0 aromatic rings. The third kappa shape index (κ3) is 10.3. The minimum atomic E-state index is -1.31. The van der Waals surface area contributed by atoms with Crippen LogP contribution in [0.15, 0.2) is 12.2 Å². The SMILES string of the molecule is CC1C=CC(C)C(CCCCCCC(C(=O)O)C(=O)O)C1CCCCCCC(C(=O)O)C(=O)O. The van der Waals surface area contributed by atoms with Crippen LogP contribution >= 0.6 is 0 Å². The second-order valence-corrected chi connectivity index (χ2v) is 9.87. The first-order valence-corrected chi connectivity index (χ1v) is 12.7. The van der Waals surface area contributed by atoms with Crippen molar-refractivity contribution in [3.05, 3.63) is 12.2 Å². The summed E-state index contributed by atoms with van der Waals surface area (Å²) in [5, 5.41) is 35.8. The van der Waals surface area contributed by atoms with E-state index in [4.69, 9.17) is 20.4 Å². The predicted molar refractivity (Wildman–Crippen MR) is 127 cm³/mol. The molecule has 0 radical (unpaired) electrons. The molecule has 0 saturated carbocycles. The zero-order chi connectivity index (χ0) is 25.7. The third-order valence-electron chi connectivity index (χ3n) is 7.37. The monoisotopic (exact) mass is 482 g/mol. The van der Waals surface area contributed by atoms with Crippen LogP contribution in [-0.2, 0) is 19.2 Å².